The van der Waals surface area contributed by atoms with Gasteiger partial charge in [0.15, 0.2) is 0 Å². The number of nitrogens with zero attached hydrogens (tertiary/aromatic N) is 4. The molecule has 9 heteroatoms. The molecule has 1 fully saturated rings. The van der Waals surface area contributed by atoms with Crippen LogP contribution in [0.5, 0.6) is 0 Å². The van der Waals surface area contributed by atoms with Gasteiger partial charge < -0.3 is 0 Å². The van der Waals surface area contributed by atoms with Crippen LogP contribution in [0.15, 0.2) is 30.6 Å². The highest BCUT2D eigenvalue weighted by Crippen LogP contribution is 2.44. The Hall–Kier alpha value is -2.42. The number of hydrogen-bond donors (Lipinski definition) is 1. The van der Waals surface area contributed by atoms with Crippen molar-refractivity contribution in [1.82, 2.24) is 15.2 Å². The number of amides is 1. The fourth-order valence-corrected chi connectivity index (χ4v) is 3.40. The minimum absolute atomic E-state index is 0.0207. The summed E-state index contributed by atoms with van der Waals surface area (Å²) in [5.74, 6) is 0.306. The summed E-state index contributed by atoms with van der Waals surface area (Å²) in [4.78, 5) is 28.1. The molecule has 1 aliphatic rings. The van der Waals surface area contributed by atoms with Crippen LogP contribution in [0.2, 0.25) is 0 Å². The van der Waals surface area contributed by atoms with Gasteiger partial charge >= 0.3 is 0 Å². The molecule has 2 atom stereocenters. The topological polar surface area (TPSA) is 105 Å². The average Bonchev–Trinajstić information content (AvgIpc) is 3.08. The maximum Gasteiger partial charge on any atom is 0.269 e. The average molecular weight is 305 g/mol. The summed E-state index contributed by atoms with van der Waals surface area (Å²) in [7, 11) is 0. The number of nitrogens with one attached hydrogen (secondary N) is 1. The Morgan fingerprint density at radius 3 is 2.67 bits per heavy atom. The lowest BCUT2D eigenvalue weighted by molar-refractivity contribution is -0.384. The van der Waals surface area contributed by atoms with Crippen LogP contribution in [0.4, 0.5) is 11.6 Å². The van der Waals surface area contributed by atoms with Crippen LogP contribution in [0.3, 0.4) is 0 Å². The van der Waals surface area contributed by atoms with E-state index >= 15 is 0 Å². The number of non-ortho nitro benzene ring substituents is 1. The number of nitro groups is 1. The number of carbonyl (C=O) groups excluding carboxylic acids is 1. The van der Waals surface area contributed by atoms with Gasteiger partial charge in [-0.1, -0.05) is 0 Å². The molecule has 108 valence electrons. The summed E-state index contributed by atoms with van der Waals surface area (Å²) in [6.07, 6.45) is 1.34. The first kappa shape index (κ1) is 13.6. The Morgan fingerprint density at radius 2 is 2.10 bits per heavy atom. The number of hydrogen-bond acceptors (Lipinski definition) is 6. The number of thioether (sulfide) groups is 1. The van der Waals surface area contributed by atoms with Gasteiger partial charge in [-0.15, -0.1) is 11.8 Å². The van der Waals surface area contributed by atoms with E-state index in [2.05, 4.69) is 15.2 Å². The molecule has 0 spiro atoms. The van der Waals surface area contributed by atoms with Crippen molar-refractivity contribution in [3.63, 3.8) is 0 Å². The van der Waals surface area contributed by atoms with E-state index in [1.165, 1.54) is 35.1 Å². The molecule has 3 rings (SSSR count). The molecule has 0 saturated carbocycles. The van der Waals surface area contributed by atoms with Crippen molar-refractivity contribution in [1.29, 1.82) is 0 Å². The van der Waals surface area contributed by atoms with Crippen LogP contribution >= 0.6 is 11.8 Å². The molecule has 0 radical (unpaired) electrons. The van der Waals surface area contributed by atoms with Crippen LogP contribution in [0.1, 0.15) is 17.9 Å². The summed E-state index contributed by atoms with van der Waals surface area (Å²) in [6.45, 7) is 1.82. The van der Waals surface area contributed by atoms with Crippen molar-refractivity contribution in [2.75, 3.05) is 4.90 Å². The standard InChI is InChI=1S/C12H11N5O3S/c1-7-10(18)16(12-13-6-14-15-12)11(21-7)8-2-4-9(5-3-8)17(19)20/h2-7,11H,1H3,(H,13,14,15). The van der Waals surface area contributed by atoms with E-state index in [1.54, 1.807) is 12.1 Å². The third-order valence-corrected chi connectivity index (χ3v) is 4.52. The third-order valence-electron chi connectivity index (χ3n) is 3.17. The van der Waals surface area contributed by atoms with Crippen molar-refractivity contribution < 1.29 is 9.72 Å². The molecular weight excluding hydrogens is 294 g/mol. The highest BCUT2D eigenvalue weighted by molar-refractivity contribution is 8.01. The van der Waals surface area contributed by atoms with Gasteiger partial charge in [-0.25, -0.2) is 5.10 Å². The number of aromatic nitrogens is 3. The Labute approximate surface area is 123 Å². The molecule has 0 aliphatic carbocycles. The van der Waals surface area contributed by atoms with E-state index in [9.17, 15) is 14.9 Å². The van der Waals surface area contributed by atoms with E-state index in [1.807, 2.05) is 6.92 Å². The van der Waals surface area contributed by atoms with Crippen molar-refractivity contribution >= 4 is 29.3 Å². The summed E-state index contributed by atoms with van der Waals surface area (Å²) in [6, 6.07) is 6.18. The lowest BCUT2D eigenvalue weighted by Crippen LogP contribution is -2.31. The second-order valence-corrected chi connectivity index (χ2v) is 5.92. The van der Waals surface area contributed by atoms with E-state index < -0.39 is 4.92 Å². The quantitative estimate of drug-likeness (QED) is 0.685. The van der Waals surface area contributed by atoms with Gasteiger partial charge in [-0.2, -0.15) is 10.1 Å². The van der Waals surface area contributed by atoms with Gasteiger partial charge in [0.2, 0.25) is 11.9 Å². The molecule has 2 heterocycles. The van der Waals surface area contributed by atoms with Crippen molar-refractivity contribution in [2.45, 2.75) is 17.5 Å². The zero-order valence-electron chi connectivity index (χ0n) is 11.0. The maximum absolute atomic E-state index is 12.3. The molecule has 2 unspecified atom stereocenters. The Bertz CT molecular complexity index is 673. The van der Waals surface area contributed by atoms with Crippen LogP contribution in [0, 0.1) is 10.1 Å². The normalized spacial score (nSPS) is 21.8. The van der Waals surface area contributed by atoms with Gasteiger partial charge in [0.1, 0.15) is 11.7 Å². The van der Waals surface area contributed by atoms with E-state index in [4.69, 9.17) is 0 Å². The monoisotopic (exact) mass is 305 g/mol. The largest absolute Gasteiger partial charge is 0.273 e. The Balaban J connectivity index is 1.96. The predicted octanol–water partition coefficient (Wildman–Crippen LogP) is 1.88. The number of aromatic amines is 1. The number of rotatable bonds is 3. The zero-order chi connectivity index (χ0) is 15.0. The first-order valence-electron chi connectivity index (χ1n) is 6.16. The van der Waals surface area contributed by atoms with Crippen molar-refractivity contribution in [3.8, 4) is 0 Å². The lowest BCUT2D eigenvalue weighted by Gasteiger charge is -2.20. The number of carbonyl (C=O) groups is 1. The summed E-state index contributed by atoms with van der Waals surface area (Å²) < 4.78 is 0. The minimum atomic E-state index is -0.451. The third kappa shape index (κ3) is 2.35. The summed E-state index contributed by atoms with van der Waals surface area (Å²) in [5, 5.41) is 16.7. The van der Waals surface area contributed by atoms with Crippen LogP contribution in [0.25, 0.3) is 0 Å². The molecule has 1 saturated heterocycles. The zero-order valence-corrected chi connectivity index (χ0v) is 11.8. The highest BCUT2D eigenvalue weighted by atomic mass is 32.2. The second kappa shape index (κ2) is 5.17. The lowest BCUT2D eigenvalue weighted by atomic mass is 10.2. The minimum Gasteiger partial charge on any atom is -0.273 e. The number of H-pyrrole nitrogens is 1. The maximum atomic E-state index is 12.3. The van der Waals surface area contributed by atoms with Crippen LogP contribution in [-0.2, 0) is 4.79 Å². The van der Waals surface area contributed by atoms with E-state index in [0.29, 0.717) is 5.95 Å². The van der Waals surface area contributed by atoms with Crippen molar-refractivity contribution in [3.05, 3.63) is 46.3 Å². The van der Waals surface area contributed by atoms with Gasteiger partial charge in [0.25, 0.3) is 5.69 Å². The fraction of sp³-hybridized carbons (Fsp3) is 0.250. The smallest absolute Gasteiger partial charge is 0.269 e. The van der Waals surface area contributed by atoms with Crippen LogP contribution < -0.4 is 4.90 Å². The van der Waals surface area contributed by atoms with Gasteiger partial charge in [-0.05, 0) is 24.6 Å². The van der Waals surface area contributed by atoms with Gasteiger partial charge in [0.05, 0.1) is 10.2 Å². The molecule has 8 nitrogen and oxygen atoms in total. The molecule has 1 aromatic carbocycles. The van der Waals surface area contributed by atoms with Gasteiger partial charge in [-0.3, -0.25) is 19.8 Å². The molecule has 2 aromatic rings. The molecular formula is C12H11N5O3S. The second-order valence-electron chi connectivity index (χ2n) is 4.50. The summed E-state index contributed by atoms with van der Waals surface area (Å²) >= 11 is 1.47. The molecule has 1 aromatic heterocycles. The molecule has 1 aliphatic heterocycles. The first-order chi connectivity index (χ1) is 10.1. The van der Waals surface area contributed by atoms with Crippen molar-refractivity contribution in [2.24, 2.45) is 0 Å². The molecule has 21 heavy (non-hydrogen) atoms. The molecule has 1 amide bonds. The van der Waals surface area contributed by atoms with Gasteiger partial charge in [0, 0.05) is 12.1 Å². The Kier molecular flexibility index (Phi) is 3.34. The number of benzene rings is 1. The first-order valence-corrected chi connectivity index (χ1v) is 7.10. The predicted molar refractivity (Wildman–Crippen MR) is 76.8 cm³/mol. The summed E-state index contributed by atoms with van der Waals surface area (Å²) in [5.41, 5.74) is 0.826. The van der Waals surface area contributed by atoms with E-state index in [0.717, 1.165) is 5.56 Å². The highest BCUT2D eigenvalue weighted by Gasteiger charge is 2.41. The Morgan fingerprint density at radius 1 is 1.38 bits per heavy atom. The number of anilines is 1. The van der Waals surface area contributed by atoms with E-state index in [-0.39, 0.29) is 22.2 Å². The fourth-order valence-electron chi connectivity index (χ4n) is 2.14. The number of nitro benzene ring substituents is 1. The SMILES string of the molecule is CC1SC(c2ccc([N+](=O)[O-])cc2)N(c2ncn[nH]2)C1=O. The molecule has 1 N–H and O–H groups in total. The van der Waals surface area contributed by atoms with Crippen LogP contribution in [-0.4, -0.2) is 31.3 Å². The molecule has 0 bridgehead atoms.